The van der Waals surface area contributed by atoms with Gasteiger partial charge in [0.05, 0.1) is 12.5 Å². The number of amides is 3. The highest BCUT2D eigenvalue weighted by molar-refractivity contribution is 5.82. The van der Waals surface area contributed by atoms with Gasteiger partial charge in [-0.15, -0.1) is 0 Å². The largest absolute Gasteiger partial charge is 0.354 e. The monoisotopic (exact) mass is 815 g/mol. The van der Waals surface area contributed by atoms with E-state index in [1.807, 2.05) is 103 Å². The Bertz CT molecular complexity index is 886. The number of nitrogens with two attached hydrogens (primary N) is 1. The van der Waals surface area contributed by atoms with Crippen LogP contribution in [0.25, 0.3) is 0 Å². The highest BCUT2D eigenvalue weighted by Crippen LogP contribution is 2.27. The van der Waals surface area contributed by atoms with Gasteiger partial charge in [0.2, 0.25) is 18.2 Å². The minimum Gasteiger partial charge on any atom is -0.354 e. The summed E-state index contributed by atoms with van der Waals surface area (Å²) in [5.41, 5.74) is 6.12. The zero-order valence-electron chi connectivity index (χ0n) is 41.9. The van der Waals surface area contributed by atoms with Crippen LogP contribution in [0.1, 0.15) is 169 Å². The van der Waals surface area contributed by atoms with Crippen LogP contribution in [-0.4, -0.2) is 112 Å². The second-order valence-corrected chi connectivity index (χ2v) is 12.9. The van der Waals surface area contributed by atoms with Crippen LogP contribution in [0, 0.1) is 11.3 Å². The summed E-state index contributed by atoms with van der Waals surface area (Å²) in [4.78, 5) is 49.6. The van der Waals surface area contributed by atoms with Crippen LogP contribution in [0.2, 0.25) is 0 Å². The van der Waals surface area contributed by atoms with Crippen molar-refractivity contribution >= 4 is 24.5 Å². The van der Waals surface area contributed by atoms with E-state index in [9.17, 15) is 19.2 Å². The van der Waals surface area contributed by atoms with E-state index in [1.54, 1.807) is 16.8 Å². The second kappa shape index (κ2) is 59.9. The molecule has 0 aromatic heterocycles. The molecule has 10 heteroatoms. The highest BCUT2D eigenvalue weighted by atomic mass is 16.2. The van der Waals surface area contributed by atoms with Crippen molar-refractivity contribution in [3.63, 3.8) is 0 Å². The van der Waals surface area contributed by atoms with Crippen molar-refractivity contribution in [1.82, 2.24) is 25.3 Å². The molecular weight excluding hydrogens is 713 g/mol. The molecule has 1 heterocycles. The summed E-state index contributed by atoms with van der Waals surface area (Å²) >= 11 is 0. The third-order valence-corrected chi connectivity index (χ3v) is 7.25. The molecule has 0 radical (unpaired) electrons. The number of benzene rings is 1. The Hall–Kier alpha value is -2.82. The van der Waals surface area contributed by atoms with Crippen LogP contribution in [0.4, 0.5) is 0 Å². The van der Waals surface area contributed by atoms with Gasteiger partial charge in [0.15, 0.2) is 0 Å². The Balaban J connectivity index is -0.0000000963. The number of carbonyl (C=O) groups excluding carboxylic acids is 4. The standard InChI is InChI=1S/C17H36N4O2.C9H12.C5H9NO.C3H7NO.C3H8.5C2H6/c1-8-21(9-2)11-10-20(7)16(23)14(17(3,4)5)12-19-15(22)13-18-6;1-8(2)9-6-4-3-5-7-9;7-5-6-3-1-2-4-6;4-2-1-3-5;1-3-2;5*1-2/h14,18H,8-13H2,1-7H3,(H,19,22);3-8H,1-2H3;5H,1-4H2;3H,1-2,4H2;3H2,1-2H3;5*1-2H3/t14-;;;;;;;;;/m1........./s1. The van der Waals surface area contributed by atoms with Gasteiger partial charge in [0.1, 0.15) is 6.29 Å². The van der Waals surface area contributed by atoms with E-state index in [2.05, 4.69) is 81.3 Å². The van der Waals surface area contributed by atoms with Gasteiger partial charge in [-0.3, -0.25) is 14.4 Å². The molecule has 0 bridgehead atoms. The fraction of sp³-hybridized carbons (Fsp3) is 0.787. The number of hydrogen-bond acceptors (Lipinski definition) is 7. The molecule has 1 saturated heterocycles. The highest BCUT2D eigenvalue weighted by Gasteiger charge is 2.33. The SMILES string of the molecule is CC.CC.CC.CC.CC.CC(C)c1ccccc1.CCC.CCN(CC)CCN(C)C(=O)[C@@H](CNC(=O)CNC)C(C)(C)C.NCCC=O.O=CN1CCCC1. The van der Waals surface area contributed by atoms with Gasteiger partial charge >= 0.3 is 0 Å². The number of likely N-dealkylation sites (tertiary alicyclic amines) is 1. The maximum Gasteiger partial charge on any atom is 0.233 e. The maximum atomic E-state index is 12.8. The predicted molar refractivity (Wildman–Crippen MR) is 255 cm³/mol. The van der Waals surface area contributed by atoms with Crippen molar-refractivity contribution in [2.45, 2.75) is 163 Å². The van der Waals surface area contributed by atoms with E-state index < -0.39 is 0 Å². The fourth-order valence-electron chi connectivity index (χ4n) is 4.16. The Kier molecular flexibility index (Phi) is 75.5. The molecule has 2 rings (SSSR count). The molecule has 0 spiro atoms. The molecule has 3 amide bonds. The van der Waals surface area contributed by atoms with Crippen molar-refractivity contribution < 1.29 is 19.2 Å². The molecule has 10 nitrogen and oxygen atoms in total. The van der Waals surface area contributed by atoms with E-state index in [4.69, 9.17) is 5.73 Å². The summed E-state index contributed by atoms with van der Waals surface area (Å²) in [5.74, 6) is 0.436. The normalized spacial score (nSPS) is 10.8. The lowest BCUT2D eigenvalue weighted by molar-refractivity contribution is -0.138. The van der Waals surface area contributed by atoms with Crippen LogP contribution in [0.3, 0.4) is 0 Å². The second-order valence-electron chi connectivity index (χ2n) is 12.9. The number of rotatable bonds is 14. The molecule has 0 aliphatic carbocycles. The molecule has 1 aromatic rings. The minimum atomic E-state index is -0.231. The van der Waals surface area contributed by atoms with Gasteiger partial charge in [-0.1, -0.05) is 168 Å². The Morgan fingerprint density at radius 2 is 1.26 bits per heavy atom. The first-order chi connectivity index (χ1) is 27.2. The van der Waals surface area contributed by atoms with E-state index in [1.165, 1.54) is 24.8 Å². The average Bonchev–Trinajstić information content (AvgIpc) is 3.78. The van der Waals surface area contributed by atoms with Crippen LogP contribution < -0.4 is 16.4 Å². The van der Waals surface area contributed by atoms with E-state index in [0.717, 1.165) is 45.4 Å². The van der Waals surface area contributed by atoms with Crippen LogP contribution in [-0.2, 0) is 19.2 Å². The first-order valence-corrected chi connectivity index (χ1v) is 22.5. The van der Waals surface area contributed by atoms with Crippen molar-refractivity contribution in [3.8, 4) is 0 Å². The molecule has 0 saturated carbocycles. The molecule has 1 aliphatic heterocycles. The molecule has 4 N–H and O–H groups in total. The van der Waals surface area contributed by atoms with Gasteiger partial charge < -0.3 is 35.9 Å². The van der Waals surface area contributed by atoms with Crippen LogP contribution in [0.15, 0.2) is 30.3 Å². The smallest absolute Gasteiger partial charge is 0.233 e. The van der Waals surface area contributed by atoms with E-state index >= 15 is 0 Å². The van der Waals surface area contributed by atoms with Crippen molar-refractivity contribution in [1.29, 1.82) is 0 Å². The number of aldehydes is 1. The van der Waals surface area contributed by atoms with Crippen LogP contribution in [0.5, 0.6) is 0 Å². The lowest BCUT2D eigenvalue weighted by Crippen LogP contribution is -2.48. The number of hydrogen-bond donors (Lipinski definition) is 3. The maximum absolute atomic E-state index is 12.8. The molecule has 1 aromatic carbocycles. The molecule has 1 aliphatic rings. The molecule has 0 unspecified atom stereocenters. The molecule has 1 atom stereocenters. The summed E-state index contributed by atoms with van der Waals surface area (Å²) in [7, 11) is 3.58. The number of carbonyl (C=O) groups is 4. The van der Waals surface area contributed by atoms with Crippen LogP contribution >= 0.6 is 0 Å². The molecule has 1 fully saturated rings. The van der Waals surface area contributed by atoms with Gasteiger partial charge in [0.25, 0.3) is 0 Å². The topological polar surface area (TPSA) is 128 Å². The van der Waals surface area contributed by atoms with E-state index in [-0.39, 0.29) is 29.7 Å². The quantitative estimate of drug-likeness (QED) is 0.160. The Labute approximate surface area is 357 Å². The Morgan fingerprint density at radius 1 is 0.825 bits per heavy atom. The number of likely N-dealkylation sites (N-methyl/N-ethyl adjacent to an activating group) is 3. The number of nitrogens with zero attached hydrogens (tertiary/aromatic N) is 3. The minimum absolute atomic E-state index is 0.0830. The first kappa shape index (κ1) is 71.9. The molecule has 57 heavy (non-hydrogen) atoms. The third kappa shape index (κ3) is 53.2. The summed E-state index contributed by atoms with van der Waals surface area (Å²) in [6.07, 6.45) is 5.85. The number of nitrogens with one attached hydrogen (secondary N) is 2. The zero-order valence-corrected chi connectivity index (χ0v) is 41.9. The Morgan fingerprint density at radius 3 is 1.53 bits per heavy atom. The van der Waals surface area contributed by atoms with Crippen molar-refractivity contribution in [2.24, 2.45) is 17.1 Å². The zero-order chi connectivity index (χ0) is 46.7. The van der Waals surface area contributed by atoms with Gasteiger partial charge in [-0.25, -0.2) is 0 Å². The summed E-state index contributed by atoms with van der Waals surface area (Å²) < 4.78 is 0. The van der Waals surface area contributed by atoms with Crippen molar-refractivity contribution in [3.05, 3.63) is 35.9 Å². The first-order valence-electron chi connectivity index (χ1n) is 22.5. The van der Waals surface area contributed by atoms with Gasteiger partial charge in [0, 0.05) is 46.2 Å². The lowest BCUT2D eigenvalue weighted by Gasteiger charge is -2.34. The molecule has 344 valence electrons. The van der Waals surface area contributed by atoms with Gasteiger partial charge in [-0.2, -0.15) is 0 Å². The summed E-state index contributed by atoms with van der Waals surface area (Å²) in [6, 6.07) is 10.5. The molecular formula is C47H102N6O4. The lowest BCUT2D eigenvalue weighted by atomic mass is 9.79. The van der Waals surface area contributed by atoms with E-state index in [0.29, 0.717) is 32.0 Å². The van der Waals surface area contributed by atoms with Crippen molar-refractivity contribution in [2.75, 3.05) is 73.0 Å². The third-order valence-electron chi connectivity index (χ3n) is 7.25. The fourth-order valence-corrected chi connectivity index (χ4v) is 4.16. The predicted octanol–water partition coefficient (Wildman–Crippen LogP) is 9.91. The summed E-state index contributed by atoms with van der Waals surface area (Å²) in [5, 5.41) is 5.67. The van der Waals surface area contributed by atoms with Gasteiger partial charge in [-0.05, 0) is 56.4 Å². The summed E-state index contributed by atoms with van der Waals surface area (Å²) in [6.45, 7) is 45.6. The average molecular weight is 815 g/mol.